The molecule has 0 spiro atoms. The molecule has 0 bridgehead atoms. The molecule has 3 heteroatoms. The second kappa shape index (κ2) is 10.6. The summed E-state index contributed by atoms with van der Waals surface area (Å²) in [5, 5.41) is 8.93. The molecule has 0 amide bonds. The number of nitrogens with zero attached hydrogens (tertiary/aromatic N) is 2. The van der Waals surface area contributed by atoms with Crippen molar-refractivity contribution in [2.24, 2.45) is 0 Å². The summed E-state index contributed by atoms with van der Waals surface area (Å²) in [6.07, 6.45) is -2.70. The van der Waals surface area contributed by atoms with Crippen molar-refractivity contribution in [1.82, 2.24) is 9.55 Å². The Kier molecular flexibility index (Phi) is 5.03. The lowest BCUT2D eigenvalue weighted by molar-refractivity contribution is 0.913. The molecule has 48 heavy (non-hydrogen) atoms. The van der Waals surface area contributed by atoms with Crippen molar-refractivity contribution >= 4 is 74.9 Å². The molecule has 0 aliphatic carbocycles. The van der Waals surface area contributed by atoms with Gasteiger partial charge in [-0.15, -0.1) is 11.3 Å². The zero-order valence-electron chi connectivity index (χ0n) is 30.7. The van der Waals surface area contributed by atoms with Gasteiger partial charge in [0.15, 0.2) is 0 Å². The molecule has 0 aliphatic heterocycles. The van der Waals surface area contributed by atoms with Crippen LogP contribution in [0, 0.1) is 0 Å². The molecule has 0 aliphatic rings. The highest BCUT2D eigenvalue weighted by atomic mass is 32.1. The maximum Gasteiger partial charge on any atom is 0.114 e. The number of aryl methyl sites for hydroxylation is 1. The van der Waals surface area contributed by atoms with Crippen LogP contribution in [0.15, 0.2) is 152 Å². The molecule has 0 saturated heterocycles. The molecule has 2 heterocycles. The van der Waals surface area contributed by atoms with Gasteiger partial charge in [-0.1, -0.05) is 122 Å². The van der Waals surface area contributed by atoms with Crippen LogP contribution in [0.4, 0.5) is 0 Å². The fraction of sp³-hybridized carbons (Fsp3) is 0.0444. The number of thiophene rings is 1. The van der Waals surface area contributed by atoms with Crippen LogP contribution in [0.25, 0.3) is 91.5 Å². The molecule has 0 radical (unpaired) electrons. The fourth-order valence-electron chi connectivity index (χ4n) is 7.66. The molecule has 0 unspecified atom stereocenters. The zero-order valence-corrected chi connectivity index (χ0v) is 26.6. The first-order valence-electron chi connectivity index (χ1n) is 18.6. The Balaban J connectivity index is 1.26. The van der Waals surface area contributed by atoms with Crippen LogP contribution < -0.4 is 0 Å². The first-order valence-corrected chi connectivity index (χ1v) is 16.9. The number of hydrogen-bond donors (Lipinski definition) is 0. The summed E-state index contributed by atoms with van der Waals surface area (Å²) in [6.45, 7) is -2.93. The minimum atomic E-state index is -2.93. The number of para-hydroxylation sites is 2. The van der Waals surface area contributed by atoms with E-state index in [9.17, 15) is 0 Å². The second-order valence-electron chi connectivity index (χ2n) is 12.2. The number of hydrogen-bond acceptors (Lipinski definition) is 2. The van der Waals surface area contributed by atoms with E-state index < -0.39 is 13.2 Å². The van der Waals surface area contributed by atoms with Gasteiger partial charge in [0.1, 0.15) is 5.82 Å². The fourth-order valence-corrected chi connectivity index (χ4v) is 8.75. The highest BCUT2D eigenvalue weighted by molar-refractivity contribution is 7.25. The van der Waals surface area contributed by atoms with Crippen molar-refractivity contribution in [3.05, 3.63) is 157 Å². The Morgan fingerprint density at radius 1 is 0.562 bits per heavy atom. The molecular formula is C45H30N2S. The normalized spacial score (nSPS) is 14.0. The van der Waals surface area contributed by atoms with Gasteiger partial charge >= 0.3 is 0 Å². The number of benzene rings is 8. The van der Waals surface area contributed by atoms with E-state index in [4.69, 9.17) is 6.85 Å². The van der Waals surface area contributed by atoms with E-state index in [1.807, 2.05) is 53.8 Å². The van der Waals surface area contributed by atoms with Crippen LogP contribution >= 0.6 is 11.3 Å². The van der Waals surface area contributed by atoms with Gasteiger partial charge < -0.3 is 0 Å². The molecule has 10 aromatic rings. The lowest BCUT2D eigenvalue weighted by Gasteiger charge is -2.20. The minimum Gasteiger partial charge on any atom is -0.296 e. The van der Waals surface area contributed by atoms with Crippen LogP contribution in [-0.4, -0.2) is 9.55 Å². The van der Waals surface area contributed by atoms with E-state index in [2.05, 4.69) is 108 Å². The predicted molar refractivity (Wildman–Crippen MR) is 207 cm³/mol. The van der Waals surface area contributed by atoms with E-state index in [1.54, 1.807) is 10.6 Å². The summed E-state index contributed by atoms with van der Waals surface area (Å²) < 4.78 is 46.2. The molecule has 226 valence electrons. The Labute approximate surface area is 289 Å². The maximum absolute atomic E-state index is 8.79. The lowest BCUT2D eigenvalue weighted by Crippen LogP contribution is -2.01. The van der Waals surface area contributed by atoms with Crippen LogP contribution in [0.5, 0.6) is 0 Å². The summed E-state index contributed by atoms with van der Waals surface area (Å²) in [6, 6.07) is 52.2. The zero-order chi connectivity index (χ0) is 36.1. The number of rotatable bonds is 4. The number of fused-ring (bicyclic) bond motifs is 7. The first kappa shape index (κ1) is 22.7. The van der Waals surface area contributed by atoms with Crippen LogP contribution in [0.3, 0.4) is 0 Å². The molecule has 8 aromatic carbocycles. The third-order valence-electron chi connectivity index (χ3n) is 9.68. The van der Waals surface area contributed by atoms with Crippen molar-refractivity contribution in [3.8, 4) is 27.9 Å². The smallest absolute Gasteiger partial charge is 0.114 e. The van der Waals surface area contributed by atoms with Gasteiger partial charge in [-0.05, 0) is 85.6 Å². The monoisotopic (exact) mass is 635 g/mol. The molecule has 2 aromatic heterocycles. The lowest BCUT2D eigenvalue weighted by atomic mass is 9.84. The van der Waals surface area contributed by atoms with Crippen LogP contribution in [0.2, 0.25) is 0 Å². The Morgan fingerprint density at radius 3 is 1.92 bits per heavy atom. The van der Waals surface area contributed by atoms with Crippen LogP contribution in [0.1, 0.15) is 19.5 Å². The summed E-state index contributed by atoms with van der Waals surface area (Å²) in [5.41, 5.74) is 6.35. The molecule has 0 saturated carbocycles. The standard InChI is InChI=1S/C45H30N2S/c1-2-43-46-38-20-10-11-21-40(38)47(43)39-25-24-36(29-13-3-4-14-30(29)39)45-34-18-7-5-16-32(34)44(33-17-6-8-19-35(33)45)28-23-26-42-37(27-28)31-15-9-12-22-41(31)48-42/h3-27H,2H2,1H3/i1D3,2D2. The first-order chi connectivity index (χ1) is 25.7. The molecule has 0 N–H and O–H groups in total. The highest BCUT2D eigenvalue weighted by Gasteiger charge is 2.20. The topological polar surface area (TPSA) is 17.8 Å². The van der Waals surface area contributed by atoms with E-state index in [-0.39, 0.29) is 5.82 Å². The van der Waals surface area contributed by atoms with Crippen molar-refractivity contribution in [2.45, 2.75) is 13.2 Å². The van der Waals surface area contributed by atoms with Gasteiger partial charge in [0.05, 0.1) is 16.7 Å². The third kappa shape index (κ3) is 3.95. The quantitative estimate of drug-likeness (QED) is 0.176. The maximum atomic E-state index is 8.79. The van der Waals surface area contributed by atoms with Crippen LogP contribution in [-0.2, 0) is 6.37 Å². The molecule has 2 nitrogen and oxygen atoms in total. The molecule has 10 rings (SSSR count). The van der Waals surface area contributed by atoms with Gasteiger partial charge in [0.2, 0.25) is 0 Å². The summed E-state index contributed by atoms with van der Waals surface area (Å²) >= 11 is 1.82. The van der Waals surface area contributed by atoms with E-state index in [0.29, 0.717) is 16.7 Å². The molecular weight excluding hydrogens is 601 g/mol. The Morgan fingerprint density at radius 2 is 1.17 bits per heavy atom. The Bertz CT molecular complexity index is 3040. The van der Waals surface area contributed by atoms with Gasteiger partial charge in [-0.3, -0.25) is 4.57 Å². The average Bonchev–Trinajstić information content (AvgIpc) is 3.75. The van der Waals surface area contributed by atoms with Gasteiger partial charge in [0.25, 0.3) is 0 Å². The largest absolute Gasteiger partial charge is 0.296 e. The second-order valence-corrected chi connectivity index (χ2v) is 13.3. The SMILES string of the molecule is [2H]C([2H])([2H])C([2H])([2H])c1nc2ccccc2n1-c1ccc(-c2c3ccccc3c(-c3ccc4sc5ccccc5c4c3)c3ccccc23)c2ccccc12. The van der Waals surface area contributed by atoms with Gasteiger partial charge in [-0.25, -0.2) is 4.98 Å². The summed E-state index contributed by atoms with van der Waals surface area (Å²) in [4.78, 5) is 4.60. The number of imidazole rings is 1. The summed E-state index contributed by atoms with van der Waals surface area (Å²) in [5.74, 6) is -0.146. The minimum absolute atomic E-state index is 0.146. The van der Waals surface area contributed by atoms with Crippen molar-refractivity contribution in [2.75, 3.05) is 0 Å². The van der Waals surface area contributed by atoms with Gasteiger partial charge in [-0.2, -0.15) is 0 Å². The third-order valence-corrected chi connectivity index (χ3v) is 10.8. The van der Waals surface area contributed by atoms with E-state index in [0.717, 1.165) is 43.4 Å². The van der Waals surface area contributed by atoms with Crippen molar-refractivity contribution in [3.63, 3.8) is 0 Å². The predicted octanol–water partition coefficient (Wildman–Crippen LogP) is 12.7. The highest BCUT2D eigenvalue weighted by Crippen LogP contribution is 2.47. The molecule has 0 atom stereocenters. The Hall–Kier alpha value is -5.77. The van der Waals surface area contributed by atoms with E-state index in [1.165, 1.54) is 31.3 Å². The summed E-state index contributed by atoms with van der Waals surface area (Å²) in [7, 11) is 0. The average molecular weight is 636 g/mol. The van der Waals surface area contributed by atoms with E-state index >= 15 is 0 Å². The van der Waals surface area contributed by atoms with Gasteiger partial charge in [0, 0.05) is 38.8 Å². The van der Waals surface area contributed by atoms with Crippen molar-refractivity contribution in [1.29, 1.82) is 0 Å². The molecule has 0 fully saturated rings. The van der Waals surface area contributed by atoms with Crippen molar-refractivity contribution < 1.29 is 6.85 Å². The number of aromatic nitrogens is 2.